The molecular formula is C21H22N2O3S2. The Morgan fingerprint density at radius 1 is 1.14 bits per heavy atom. The van der Waals surface area contributed by atoms with Crippen LogP contribution in [0.3, 0.4) is 0 Å². The standard InChI is InChI=1S/C21H22N2O3S2/c1-3-28(25,26)22(2)18-8-9-19-17(12-18)13-20(27-19)21(24)23-11-10-15-6-4-5-7-16(15)14-23/h4-9,12-13H,3,10-11,14H2,1-2H3. The number of hydrogen-bond donors (Lipinski definition) is 0. The van der Waals surface area contributed by atoms with E-state index in [2.05, 4.69) is 12.1 Å². The lowest BCUT2D eigenvalue weighted by Gasteiger charge is -2.28. The van der Waals surface area contributed by atoms with Crippen molar-refractivity contribution >= 4 is 43.0 Å². The second kappa shape index (κ2) is 7.22. The summed E-state index contributed by atoms with van der Waals surface area (Å²) < 4.78 is 26.5. The molecule has 1 aliphatic rings. The predicted octanol–water partition coefficient (Wildman–Crippen LogP) is 3.89. The van der Waals surface area contributed by atoms with Gasteiger partial charge in [0, 0.05) is 24.8 Å². The first-order valence-corrected chi connectivity index (χ1v) is 11.7. The minimum Gasteiger partial charge on any atom is -0.333 e. The van der Waals surface area contributed by atoms with Crippen molar-refractivity contribution in [3.05, 3.63) is 64.5 Å². The summed E-state index contributed by atoms with van der Waals surface area (Å²) in [5, 5.41) is 0.890. The summed E-state index contributed by atoms with van der Waals surface area (Å²) in [5.74, 6) is 0.0810. The minimum absolute atomic E-state index is 0.0341. The molecule has 0 saturated heterocycles. The Morgan fingerprint density at radius 3 is 2.64 bits per heavy atom. The number of carbonyl (C=O) groups excluding carboxylic acids is 1. The minimum atomic E-state index is -3.31. The molecule has 2 heterocycles. The zero-order valence-electron chi connectivity index (χ0n) is 15.9. The molecule has 7 heteroatoms. The second-order valence-corrected chi connectivity index (χ2v) is 10.3. The molecule has 1 aromatic heterocycles. The van der Waals surface area contributed by atoms with E-state index in [4.69, 9.17) is 0 Å². The summed E-state index contributed by atoms with van der Waals surface area (Å²) in [5.41, 5.74) is 3.13. The number of carbonyl (C=O) groups is 1. The lowest BCUT2D eigenvalue weighted by atomic mass is 10.00. The highest BCUT2D eigenvalue weighted by Crippen LogP contribution is 2.31. The molecule has 0 unspecified atom stereocenters. The van der Waals surface area contributed by atoms with Crippen molar-refractivity contribution in [1.29, 1.82) is 0 Å². The Hall–Kier alpha value is -2.38. The number of sulfonamides is 1. The number of nitrogens with zero attached hydrogens (tertiary/aromatic N) is 2. The quantitative estimate of drug-likeness (QED) is 0.651. The van der Waals surface area contributed by atoms with Gasteiger partial charge in [-0.15, -0.1) is 11.3 Å². The van der Waals surface area contributed by atoms with Crippen LogP contribution in [-0.2, 0) is 23.0 Å². The van der Waals surface area contributed by atoms with E-state index in [1.54, 1.807) is 20.0 Å². The predicted molar refractivity (Wildman–Crippen MR) is 115 cm³/mol. The first kappa shape index (κ1) is 19.0. The first-order valence-electron chi connectivity index (χ1n) is 9.25. The number of thiophene rings is 1. The molecule has 0 spiro atoms. The van der Waals surface area contributed by atoms with E-state index in [0.29, 0.717) is 23.7 Å². The van der Waals surface area contributed by atoms with Gasteiger partial charge in [0.15, 0.2) is 0 Å². The molecule has 2 aromatic carbocycles. The van der Waals surface area contributed by atoms with E-state index < -0.39 is 10.0 Å². The fourth-order valence-corrected chi connectivity index (χ4v) is 5.34. The summed E-state index contributed by atoms with van der Waals surface area (Å²) in [6.07, 6.45) is 0.872. The summed E-state index contributed by atoms with van der Waals surface area (Å²) in [6.45, 7) is 2.97. The molecule has 0 fully saturated rings. The van der Waals surface area contributed by atoms with Crippen LogP contribution in [0, 0.1) is 0 Å². The highest BCUT2D eigenvalue weighted by atomic mass is 32.2. The van der Waals surface area contributed by atoms with E-state index >= 15 is 0 Å². The average molecular weight is 415 g/mol. The summed E-state index contributed by atoms with van der Waals surface area (Å²) in [6, 6.07) is 15.6. The Kier molecular flexibility index (Phi) is 4.89. The van der Waals surface area contributed by atoms with E-state index in [0.717, 1.165) is 16.5 Å². The zero-order chi connectivity index (χ0) is 19.9. The third-order valence-corrected chi connectivity index (χ3v) is 8.15. The van der Waals surface area contributed by atoms with Crippen LogP contribution >= 0.6 is 11.3 Å². The van der Waals surface area contributed by atoms with E-state index in [1.165, 1.54) is 26.8 Å². The van der Waals surface area contributed by atoms with Gasteiger partial charge in [0.25, 0.3) is 5.91 Å². The molecule has 4 rings (SSSR count). The van der Waals surface area contributed by atoms with Crippen molar-refractivity contribution < 1.29 is 13.2 Å². The van der Waals surface area contributed by atoms with E-state index in [1.807, 2.05) is 35.2 Å². The van der Waals surface area contributed by atoms with Gasteiger partial charge in [0.05, 0.1) is 16.3 Å². The average Bonchev–Trinajstić information content (AvgIpc) is 3.15. The maximum Gasteiger partial charge on any atom is 0.264 e. The Balaban J connectivity index is 1.61. The number of amides is 1. The molecule has 0 atom stereocenters. The van der Waals surface area contributed by atoms with Gasteiger partial charge in [-0.25, -0.2) is 8.42 Å². The highest BCUT2D eigenvalue weighted by Gasteiger charge is 2.23. The van der Waals surface area contributed by atoms with Gasteiger partial charge < -0.3 is 4.90 Å². The normalized spacial score (nSPS) is 14.1. The molecule has 0 saturated carbocycles. The third kappa shape index (κ3) is 3.40. The number of hydrogen-bond acceptors (Lipinski definition) is 4. The van der Waals surface area contributed by atoms with Crippen molar-refractivity contribution in [3.63, 3.8) is 0 Å². The molecule has 146 valence electrons. The summed E-state index contributed by atoms with van der Waals surface area (Å²) >= 11 is 1.45. The monoisotopic (exact) mass is 414 g/mol. The molecule has 1 aliphatic heterocycles. The fraction of sp³-hybridized carbons (Fsp3) is 0.286. The Labute approximate surface area is 169 Å². The summed E-state index contributed by atoms with van der Waals surface area (Å²) in [4.78, 5) is 15.6. The van der Waals surface area contributed by atoms with Crippen LogP contribution in [0.2, 0.25) is 0 Å². The lowest BCUT2D eigenvalue weighted by Crippen LogP contribution is -2.35. The van der Waals surface area contributed by atoms with Gasteiger partial charge >= 0.3 is 0 Å². The van der Waals surface area contributed by atoms with Crippen LogP contribution in [0.4, 0.5) is 5.69 Å². The highest BCUT2D eigenvalue weighted by molar-refractivity contribution is 7.92. The topological polar surface area (TPSA) is 57.7 Å². The van der Waals surface area contributed by atoms with Crippen molar-refractivity contribution in [3.8, 4) is 0 Å². The molecule has 3 aromatic rings. The first-order chi connectivity index (χ1) is 13.4. The van der Waals surface area contributed by atoms with Crippen molar-refractivity contribution in [2.45, 2.75) is 19.9 Å². The molecule has 0 aliphatic carbocycles. The molecule has 1 amide bonds. The van der Waals surface area contributed by atoms with Crippen LogP contribution in [0.25, 0.3) is 10.1 Å². The number of rotatable bonds is 4. The SMILES string of the molecule is CCS(=O)(=O)N(C)c1ccc2sc(C(=O)N3CCc4ccccc4C3)cc2c1. The van der Waals surface area contributed by atoms with Gasteiger partial charge in [-0.2, -0.15) is 0 Å². The summed E-state index contributed by atoms with van der Waals surface area (Å²) in [7, 11) is -1.75. The van der Waals surface area contributed by atoms with E-state index in [-0.39, 0.29) is 11.7 Å². The molecule has 28 heavy (non-hydrogen) atoms. The van der Waals surface area contributed by atoms with Crippen LogP contribution in [0.15, 0.2) is 48.5 Å². The van der Waals surface area contributed by atoms with Gasteiger partial charge in [0.1, 0.15) is 0 Å². The Bertz CT molecular complexity index is 1150. The van der Waals surface area contributed by atoms with Crippen LogP contribution in [0.1, 0.15) is 27.7 Å². The largest absolute Gasteiger partial charge is 0.333 e. The third-order valence-electron chi connectivity index (χ3n) is 5.27. The molecule has 0 radical (unpaired) electrons. The van der Waals surface area contributed by atoms with Gasteiger partial charge in [0.2, 0.25) is 10.0 Å². The van der Waals surface area contributed by atoms with Gasteiger partial charge in [-0.1, -0.05) is 24.3 Å². The van der Waals surface area contributed by atoms with Crippen LogP contribution in [-0.4, -0.2) is 38.6 Å². The maximum absolute atomic E-state index is 13.0. The lowest BCUT2D eigenvalue weighted by molar-refractivity contribution is 0.0739. The van der Waals surface area contributed by atoms with Crippen molar-refractivity contribution in [2.75, 3.05) is 23.7 Å². The van der Waals surface area contributed by atoms with Crippen molar-refractivity contribution in [2.24, 2.45) is 0 Å². The number of fused-ring (bicyclic) bond motifs is 2. The fourth-order valence-electron chi connectivity index (χ4n) is 3.51. The second-order valence-electron chi connectivity index (χ2n) is 6.95. The molecule has 0 bridgehead atoms. The van der Waals surface area contributed by atoms with Crippen LogP contribution in [0.5, 0.6) is 0 Å². The molecule has 0 N–H and O–H groups in total. The smallest absolute Gasteiger partial charge is 0.264 e. The Morgan fingerprint density at radius 2 is 1.89 bits per heavy atom. The molecular weight excluding hydrogens is 392 g/mol. The van der Waals surface area contributed by atoms with Crippen LogP contribution < -0.4 is 4.31 Å². The number of benzene rings is 2. The van der Waals surface area contributed by atoms with Gasteiger partial charge in [-0.3, -0.25) is 9.10 Å². The van der Waals surface area contributed by atoms with Crippen molar-refractivity contribution in [1.82, 2.24) is 4.90 Å². The van der Waals surface area contributed by atoms with E-state index in [9.17, 15) is 13.2 Å². The maximum atomic E-state index is 13.0. The number of anilines is 1. The zero-order valence-corrected chi connectivity index (χ0v) is 17.5. The molecule has 5 nitrogen and oxygen atoms in total. The van der Waals surface area contributed by atoms with Gasteiger partial charge in [-0.05, 0) is 54.1 Å².